The number of nitrogens with zero attached hydrogens (tertiary/aromatic N) is 9. The van der Waals surface area contributed by atoms with Gasteiger partial charge in [-0.05, 0) is 69.1 Å². The molecule has 0 amide bonds. The molecule has 8 aliphatic heterocycles. The first-order valence-electron chi connectivity index (χ1n) is 37.6. The molecule has 0 aromatic carbocycles. The molecule has 1 N–H and O–H groups in total. The number of likely N-dealkylation sites (N-methyl/N-ethyl adjacent to an activating group) is 1. The van der Waals surface area contributed by atoms with Crippen molar-refractivity contribution in [3.05, 3.63) is 31.3 Å². The van der Waals surface area contributed by atoms with Crippen molar-refractivity contribution in [2.45, 2.75) is 308 Å². The van der Waals surface area contributed by atoms with Gasteiger partial charge in [0.05, 0.1) is 97.4 Å². The second-order valence-electron chi connectivity index (χ2n) is 30.1. The molecule has 8 aliphatic rings. The van der Waals surface area contributed by atoms with Crippen LogP contribution in [-0.2, 0) is 133 Å². The number of carbonyl (C=O) groups is 4. The molecule has 0 aromatic heterocycles. The minimum Gasteiger partial charge on any atom is -0.463 e. The lowest BCUT2D eigenvalue weighted by molar-refractivity contribution is -0.371. The Hall–Kier alpha value is -5.03. The van der Waals surface area contributed by atoms with Crippen molar-refractivity contribution in [1.29, 1.82) is 0 Å². The fraction of sp³-hybridized carbons (Fsp3) is 0.944. The molecule has 8 fully saturated rings. The standard InChI is InChI=1S/C71H118N10O28/c1-28-37(10)95-64(33(6)53(28)86-19)104-55-30(3)50(76-79-72)69(100-46(55)25-92-42(15)83)108-62-39(12)97-66(35(8)59(62)88-21)106-57-32(5)52(78-81-74)71(102-48(57)27-94-44(17)85)109-63-40(13)98-67(36(9)60(63)89-22)105-56-31(4)51(77-80-73)70(101-47(56)26-93-43(16)84)107-61-38(11)96-65(34(7)58(61)87-20)103-54-29(2)49(75-18)68(90-23)99-45(54)24-91-41(14)82/h28-40,45-71,75H,24-27H2,1-23H3/t28-,29-,30-,31-,32-,33?,34?,35?,36?,37?,38?,39?,40?,45?,46?,47?,48?,49?,50?,51?,52?,53-,54+,55+,56+,57+,58+,59+,60+,61-,62-,63-,64+,65+,66+,67+,68+,69+,70-,71-/m1/s1. The molecule has 8 saturated heterocycles. The van der Waals surface area contributed by atoms with Gasteiger partial charge in [0.2, 0.25) is 0 Å². The molecule has 0 spiro atoms. The maximum atomic E-state index is 12.6. The SMILES string of the molecule is CNC1[C@@H](OC)OC(COC(C)=O)[C@@H](O[C@@H]2OC(C)[C@@H](O[C@H]3OC(COC(C)=O)[C@@H](O[C@@H]4OC(C)[C@@H](O[C@H]5OC(COC(C)=O)[C@@H](O[C@@H]6OC(C)[C@@H](O[C@@H]7OC(COC(C)=O)[C@@H](O[C@@H]8OC(C)[C@@H](C)[C@@H](OC)C8C)[C@H](C)C7N=[N+]=[N-])[C@@H](OC)C6C)[C@H](C)C5N=[N+]=[N-])[C@@H](OC)C4C)[C@H](C)C3N=[N+]=[N-])[C@@H](OC)C2C)[C@@H]1C. The molecule has 0 saturated carbocycles. The van der Waals surface area contributed by atoms with E-state index in [1.165, 1.54) is 56.1 Å². The number of carbonyl (C=O) groups excluding carboxylic acids is 4. The Balaban J connectivity index is 0.960. The molecule has 16 unspecified atom stereocenters. The Bertz CT molecular complexity index is 3090. The third-order valence-corrected chi connectivity index (χ3v) is 22.9. The summed E-state index contributed by atoms with van der Waals surface area (Å²) in [6, 6.07) is -3.48. The first-order chi connectivity index (χ1) is 51.8. The number of methoxy groups -OCH3 is 5. The second-order valence-corrected chi connectivity index (χ2v) is 30.1. The predicted octanol–water partition coefficient (Wildman–Crippen LogP) is 6.87. The van der Waals surface area contributed by atoms with Crippen LogP contribution in [0.15, 0.2) is 15.3 Å². The van der Waals surface area contributed by atoms with E-state index in [1.807, 2.05) is 55.4 Å². The topological polar surface area (TPSA) is 448 Å². The summed E-state index contributed by atoms with van der Waals surface area (Å²) in [6.07, 6.45) is -23.5. The molecule has 38 nitrogen and oxygen atoms in total. The van der Waals surface area contributed by atoms with Crippen LogP contribution in [0.1, 0.15) is 118 Å². The van der Waals surface area contributed by atoms with Crippen LogP contribution in [0, 0.1) is 53.3 Å². The minimum absolute atomic E-state index is 0.0555. The highest BCUT2D eigenvalue weighted by atomic mass is 16.8. The van der Waals surface area contributed by atoms with Gasteiger partial charge in [-0.1, -0.05) is 77.7 Å². The van der Waals surface area contributed by atoms with Crippen molar-refractivity contribution in [2.75, 3.05) is 69.0 Å². The van der Waals surface area contributed by atoms with Gasteiger partial charge in [-0.15, -0.1) is 0 Å². The molecule has 620 valence electrons. The summed E-state index contributed by atoms with van der Waals surface area (Å²) in [6.45, 7) is 28.2. The largest absolute Gasteiger partial charge is 0.463 e. The monoisotopic (exact) mass is 1560 g/mol. The molecular formula is C71H118N10O28. The van der Waals surface area contributed by atoms with E-state index in [0.29, 0.717) is 0 Å². The highest BCUT2D eigenvalue weighted by Gasteiger charge is 2.58. The Kier molecular flexibility index (Phi) is 33.5. The van der Waals surface area contributed by atoms with Crippen molar-refractivity contribution in [1.82, 2.24) is 5.32 Å². The van der Waals surface area contributed by atoms with Gasteiger partial charge in [-0.3, -0.25) is 19.2 Å². The lowest BCUT2D eigenvalue weighted by atomic mass is 9.85. The lowest BCUT2D eigenvalue weighted by Gasteiger charge is -2.52. The van der Waals surface area contributed by atoms with E-state index in [-0.39, 0.29) is 62.4 Å². The Morgan fingerprint density at radius 2 is 0.550 bits per heavy atom. The van der Waals surface area contributed by atoms with Gasteiger partial charge in [0.25, 0.3) is 0 Å². The van der Waals surface area contributed by atoms with Crippen LogP contribution < -0.4 is 5.32 Å². The number of hydrogen-bond acceptors (Lipinski definition) is 32. The number of hydrogen-bond donors (Lipinski definition) is 1. The zero-order chi connectivity index (χ0) is 80.2. The molecule has 0 aromatic rings. The average molecular weight is 1560 g/mol. The minimum atomic E-state index is -1.34. The van der Waals surface area contributed by atoms with Crippen LogP contribution >= 0.6 is 0 Å². The first-order valence-corrected chi connectivity index (χ1v) is 37.6. The molecule has 8 rings (SSSR count). The summed E-state index contributed by atoms with van der Waals surface area (Å²) in [5.41, 5.74) is 30.4. The van der Waals surface area contributed by atoms with E-state index in [9.17, 15) is 35.8 Å². The molecular weight excluding hydrogens is 1440 g/mol. The summed E-state index contributed by atoms with van der Waals surface area (Å²) in [7, 11) is 9.48. The van der Waals surface area contributed by atoms with E-state index in [4.69, 9.17) is 114 Å². The van der Waals surface area contributed by atoms with Crippen LogP contribution in [-0.4, -0.2) is 283 Å². The summed E-state index contributed by atoms with van der Waals surface area (Å²) < 4.78 is 153. The zero-order valence-corrected chi connectivity index (χ0v) is 66.9. The van der Waals surface area contributed by atoms with Gasteiger partial charge < -0.3 is 119 Å². The van der Waals surface area contributed by atoms with Crippen molar-refractivity contribution in [3.63, 3.8) is 0 Å². The summed E-state index contributed by atoms with van der Waals surface area (Å²) in [5, 5.41) is 15.9. The van der Waals surface area contributed by atoms with Crippen molar-refractivity contribution >= 4 is 23.9 Å². The van der Waals surface area contributed by atoms with Crippen LogP contribution in [0.2, 0.25) is 0 Å². The first kappa shape index (κ1) is 89.5. The van der Waals surface area contributed by atoms with Gasteiger partial charge in [0.1, 0.15) is 69.2 Å². The maximum Gasteiger partial charge on any atom is 0.302 e. The van der Waals surface area contributed by atoms with Gasteiger partial charge in [-0.25, -0.2) is 0 Å². The van der Waals surface area contributed by atoms with E-state index in [0.717, 1.165) is 0 Å². The van der Waals surface area contributed by atoms with Crippen molar-refractivity contribution in [3.8, 4) is 0 Å². The van der Waals surface area contributed by atoms with Gasteiger partial charge >= 0.3 is 23.9 Å². The zero-order valence-electron chi connectivity index (χ0n) is 66.9. The van der Waals surface area contributed by atoms with E-state index >= 15 is 0 Å². The lowest BCUT2D eigenvalue weighted by Crippen LogP contribution is -2.64. The van der Waals surface area contributed by atoms with Gasteiger partial charge in [-0.2, -0.15) is 0 Å². The van der Waals surface area contributed by atoms with Crippen LogP contribution in [0.4, 0.5) is 0 Å². The summed E-state index contributed by atoms with van der Waals surface area (Å²) in [4.78, 5) is 59.2. The molecule has 0 bridgehead atoms. The normalized spacial score (nSPS) is 45.3. The summed E-state index contributed by atoms with van der Waals surface area (Å²) >= 11 is 0. The van der Waals surface area contributed by atoms with E-state index < -0.39 is 232 Å². The van der Waals surface area contributed by atoms with Crippen LogP contribution in [0.25, 0.3) is 31.3 Å². The highest BCUT2D eigenvalue weighted by Crippen LogP contribution is 2.46. The Morgan fingerprint density at radius 3 is 0.798 bits per heavy atom. The van der Waals surface area contributed by atoms with E-state index in [1.54, 1.807) is 48.8 Å². The predicted molar refractivity (Wildman–Crippen MR) is 377 cm³/mol. The Morgan fingerprint density at radius 1 is 0.303 bits per heavy atom. The number of esters is 4. The van der Waals surface area contributed by atoms with Crippen LogP contribution in [0.5, 0.6) is 0 Å². The molecule has 0 radical (unpaired) electrons. The van der Waals surface area contributed by atoms with Crippen molar-refractivity contribution in [2.24, 2.45) is 68.6 Å². The second kappa shape index (κ2) is 40.8. The molecule has 109 heavy (non-hydrogen) atoms. The molecule has 40 atom stereocenters. The Labute approximate surface area is 637 Å². The van der Waals surface area contributed by atoms with Crippen LogP contribution in [0.3, 0.4) is 0 Å². The number of nitrogens with one attached hydrogen (secondary N) is 1. The third kappa shape index (κ3) is 20.9. The molecule has 38 heteroatoms. The average Bonchev–Trinajstić information content (AvgIpc) is 0.854. The fourth-order valence-electron chi connectivity index (χ4n) is 16.7. The molecule has 8 heterocycles. The molecule has 0 aliphatic carbocycles. The smallest absolute Gasteiger partial charge is 0.302 e. The quantitative estimate of drug-likeness (QED) is 0.0243. The third-order valence-electron chi connectivity index (χ3n) is 22.9. The maximum absolute atomic E-state index is 12.6. The number of rotatable bonds is 31. The van der Waals surface area contributed by atoms with Gasteiger partial charge in [0, 0.05) is 113 Å². The van der Waals surface area contributed by atoms with Crippen molar-refractivity contribution < 1.29 is 133 Å². The summed E-state index contributed by atoms with van der Waals surface area (Å²) in [5.74, 6) is -6.56. The number of ether oxygens (including phenoxy) is 24. The highest BCUT2D eigenvalue weighted by molar-refractivity contribution is 5.66. The number of azide groups is 3. The van der Waals surface area contributed by atoms with E-state index in [2.05, 4.69) is 35.4 Å². The fourth-order valence-corrected chi connectivity index (χ4v) is 16.7. The van der Waals surface area contributed by atoms with Gasteiger partial charge in [0.15, 0.2) is 50.3 Å².